The Morgan fingerprint density at radius 2 is 2.56 bits per heavy atom. The van der Waals surface area contributed by atoms with E-state index in [0.717, 1.165) is 12.6 Å². The Balaban J connectivity index is 2.10. The lowest BCUT2D eigenvalue weighted by molar-refractivity contribution is -0.386. The van der Waals surface area contributed by atoms with Gasteiger partial charge in [-0.1, -0.05) is 0 Å². The van der Waals surface area contributed by atoms with E-state index in [-0.39, 0.29) is 23.4 Å². The van der Waals surface area contributed by atoms with Crippen molar-refractivity contribution in [3.05, 3.63) is 16.3 Å². The second kappa shape index (κ2) is 5.56. The Labute approximate surface area is 102 Å². The average Bonchev–Trinajstić information content (AvgIpc) is 2.88. The summed E-state index contributed by atoms with van der Waals surface area (Å²) in [6, 6.07) is 0. The third-order valence-corrected chi connectivity index (χ3v) is 2.54. The SMILES string of the molecule is NNc1ncc([N+](=O)[O-])c(OCC2CCOC2)n1. The lowest BCUT2D eigenvalue weighted by atomic mass is 10.1. The fourth-order valence-electron chi connectivity index (χ4n) is 1.57. The van der Waals surface area contributed by atoms with Crippen molar-refractivity contribution in [3.63, 3.8) is 0 Å². The first-order valence-corrected chi connectivity index (χ1v) is 5.39. The fourth-order valence-corrected chi connectivity index (χ4v) is 1.57. The number of hydrogen-bond acceptors (Lipinski definition) is 8. The largest absolute Gasteiger partial charge is 0.472 e. The van der Waals surface area contributed by atoms with E-state index >= 15 is 0 Å². The van der Waals surface area contributed by atoms with Crippen LogP contribution in [-0.4, -0.2) is 34.7 Å². The van der Waals surface area contributed by atoms with Crippen LogP contribution in [0, 0.1) is 16.0 Å². The maximum atomic E-state index is 10.8. The molecule has 1 aliphatic heterocycles. The predicted octanol–water partition coefficient (Wildman–Crippen LogP) is 0.0857. The second-order valence-electron chi connectivity index (χ2n) is 3.83. The molecule has 0 spiro atoms. The summed E-state index contributed by atoms with van der Waals surface area (Å²) in [5.74, 6) is 5.35. The molecule has 0 radical (unpaired) electrons. The van der Waals surface area contributed by atoms with Gasteiger partial charge in [-0.15, -0.1) is 0 Å². The normalized spacial score (nSPS) is 18.6. The van der Waals surface area contributed by atoms with Crippen LogP contribution in [0.25, 0.3) is 0 Å². The van der Waals surface area contributed by atoms with Gasteiger partial charge in [0, 0.05) is 12.5 Å². The molecule has 1 fully saturated rings. The minimum absolute atomic E-state index is 0.0678. The highest BCUT2D eigenvalue weighted by Gasteiger charge is 2.22. The van der Waals surface area contributed by atoms with Gasteiger partial charge in [0.15, 0.2) is 0 Å². The summed E-state index contributed by atoms with van der Waals surface area (Å²) in [6.07, 6.45) is 1.93. The smallest absolute Gasteiger partial charge is 0.349 e. The number of ether oxygens (including phenoxy) is 2. The molecule has 3 N–H and O–H groups in total. The van der Waals surface area contributed by atoms with Gasteiger partial charge in [0.25, 0.3) is 5.88 Å². The third kappa shape index (κ3) is 2.81. The molecule has 0 aromatic carbocycles. The molecule has 1 unspecified atom stereocenters. The summed E-state index contributed by atoms with van der Waals surface area (Å²) in [4.78, 5) is 17.7. The molecule has 0 aliphatic carbocycles. The highest BCUT2D eigenvalue weighted by Crippen LogP contribution is 2.25. The Bertz CT molecular complexity index is 435. The quantitative estimate of drug-likeness (QED) is 0.430. The van der Waals surface area contributed by atoms with E-state index in [1.807, 2.05) is 0 Å². The number of hydrazine groups is 1. The van der Waals surface area contributed by atoms with Gasteiger partial charge in [0.2, 0.25) is 5.95 Å². The van der Waals surface area contributed by atoms with Crippen molar-refractivity contribution >= 4 is 11.6 Å². The van der Waals surface area contributed by atoms with Crippen molar-refractivity contribution in [1.82, 2.24) is 9.97 Å². The van der Waals surface area contributed by atoms with Crippen molar-refractivity contribution in [3.8, 4) is 5.88 Å². The van der Waals surface area contributed by atoms with Crippen molar-refractivity contribution in [2.75, 3.05) is 25.2 Å². The van der Waals surface area contributed by atoms with Gasteiger partial charge >= 0.3 is 5.69 Å². The van der Waals surface area contributed by atoms with Crippen LogP contribution in [0.5, 0.6) is 5.88 Å². The molecular weight excluding hydrogens is 242 g/mol. The Morgan fingerprint density at radius 1 is 1.72 bits per heavy atom. The van der Waals surface area contributed by atoms with Crippen LogP contribution in [0.1, 0.15) is 6.42 Å². The van der Waals surface area contributed by atoms with Gasteiger partial charge in [-0.25, -0.2) is 10.8 Å². The van der Waals surface area contributed by atoms with Crippen molar-refractivity contribution < 1.29 is 14.4 Å². The number of aromatic nitrogens is 2. The molecule has 9 nitrogen and oxygen atoms in total. The number of nitrogens with zero attached hydrogens (tertiary/aromatic N) is 3. The van der Waals surface area contributed by atoms with Gasteiger partial charge in [0.1, 0.15) is 6.20 Å². The van der Waals surface area contributed by atoms with E-state index in [9.17, 15) is 10.1 Å². The molecule has 1 aromatic rings. The Kier molecular flexibility index (Phi) is 3.85. The van der Waals surface area contributed by atoms with E-state index in [1.54, 1.807) is 0 Å². The summed E-state index contributed by atoms with van der Waals surface area (Å²) in [5.41, 5.74) is 1.93. The zero-order valence-electron chi connectivity index (χ0n) is 9.54. The predicted molar refractivity (Wildman–Crippen MR) is 60.9 cm³/mol. The zero-order chi connectivity index (χ0) is 13.0. The first-order chi connectivity index (χ1) is 8.70. The minimum Gasteiger partial charge on any atom is -0.472 e. The lowest BCUT2D eigenvalue weighted by Gasteiger charge is -2.10. The minimum atomic E-state index is -0.596. The van der Waals surface area contributed by atoms with E-state index in [4.69, 9.17) is 15.3 Å². The average molecular weight is 255 g/mol. The van der Waals surface area contributed by atoms with Crippen LogP contribution < -0.4 is 16.0 Å². The summed E-state index contributed by atoms with van der Waals surface area (Å²) in [5, 5.41) is 10.8. The van der Waals surface area contributed by atoms with Crippen LogP contribution in [0.2, 0.25) is 0 Å². The molecule has 1 saturated heterocycles. The summed E-state index contributed by atoms with van der Waals surface area (Å²) >= 11 is 0. The highest BCUT2D eigenvalue weighted by molar-refractivity contribution is 5.42. The van der Waals surface area contributed by atoms with Crippen molar-refractivity contribution in [2.45, 2.75) is 6.42 Å². The number of nitrogens with two attached hydrogens (primary N) is 1. The summed E-state index contributed by atoms with van der Waals surface area (Å²) in [6.45, 7) is 1.61. The van der Waals surface area contributed by atoms with Crippen LogP contribution in [0.3, 0.4) is 0 Å². The molecule has 2 rings (SSSR count). The molecule has 2 heterocycles. The molecule has 1 aromatic heterocycles. The highest BCUT2D eigenvalue weighted by atomic mass is 16.6. The molecule has 1 atom stereocenters. The van der Waals surface area contributed by atoms with Gasteiger partial charge in [-0.3, -0.25) is 15.5 Å². The number of nitrogens with one attached hydrogen (secondary N) is 1. The van der Waals surface area contributed by atoms with E-state index in [2.05, 4.69) is 15.4 Å². The van der Waals surface area contributed by atoms with Gasteiger partial charge in [-0.2, -0.15) is 4.98 Å². The van der Waals surface area contributed by atoms with Crippen LogP contribution in [0.15, 0.2) is 6.20 Å². The topological polar surface area (TPSA) is 125 Å². The maximum absolute atomic E-state index is 10.8. The van der Waals surface area contributed by atoms with E-state index in [1.165, 1.54) is 0 Å². The van der Waals surface area contributed by atoms with Crippen LogP contribution >= 0.6 is 0 Å². The molecule has 0 saturated carbocycles. The van der Waals surface area contributed by atoms with Crippen LogP contribution in [-0.2, 0) is 4.74 Å². The number of nitrogen functional groups attached to an aromatic ring is 1. The molecule has 98 valence electrons. The lowest BCUT2D eigenvalue weighted by Crippen LogP contribution is -2.15. The molecule has 9 heteroatoms. The summed E-state index contributed by atoms with van der Waals surface area (Å²) < 4.78 is 10.5. The maximum Gasteiger partial charge on any atom is 0.349 e. The monoisotopic (exact) mass is 255 g/mol. The first kappa shape index (κ1) is 12.5. The zero-order valence-corrected chi connectivity index (χ0v) is 9.54. The molecular formula is C9H13N5O4. The van der Waals surface area contributed by atoms with E-state index < -0.39 is 4.92 Å². The Morgan fingerprint density at radius 3 is 3.17 bits per heavy atom. The first-order valence-electron chi connectivity index (χ1n) is 5.39. The standard InChI is InChI=1S/C9H13N5O4/c10-13-9-11-3-7(14(15)16)8(12-9)18-5-6-1-2-17-4-6/h3,6H,1-2,4-5,10H2,(H,11,12,13). The van der Waals surface area contributed by atoms with Crippen molar-refractivity contribution in [2.24, 2.45) is 11.8 Å². The van der Waals surface area contributed by atoms with E-state index in [0.29, 0.717) is 19.8 Å². The fraction of sp³-hybridized carbons (Fsp3) is 0.556. The number of anilines is 1. The number of rotatable bonds is 5. The molecule has 18 heavy (non-hydrogen) atoms. The molecule has 0 amide bonds. The van der Waals surface area contributed by atoms with Gasteiger partial charge in [0.05, 0.1) is 18.1 Å². The van der Waals surface area contributed by atoms with Gasteiger partial charge < -0.3 is 9.47 Å². The van der Waals surface area contributed by atoms with Gasteiger partial charge in [-0.05, 0) is 6.42 Å². The summed E-state index contributed by atoms with van der Waals surface area (Å²) in [7, 11) is 0. The number of hydrogen-bond donors (Lipinski definition) is 2. The van der Waals surface area contributed by atoms with Crippen molar-refractivity contribution in [1.29, 1.82) is 0 Å². The second-order valence-corrected chi connectivity index (χ2v) is 3.83. The molecule has 1 aliphatic rings. The van der Waals surface area contributed by atoms with Crippen LogP contribution in [0.4, 0.5) is 11.6 Å². The number of nitro groups is 1. The molecule has 0 bridgehead atoms. The third-order valence-electron chi connectivity index (χ3n) is 2.54. The Hall–Kier alpha value is -2.00.